The highest BCUT2D eigenvalue weighted by Gasteiger charge is 2.21. The van der Waals surface area contributed by atoms with E-state index in [1.54, 1.807) is 14.0 Å². The minimum atomic E-state index is -0.709. The van der Waals surface area contributed by atoms with Gasteiger partial charge in [-0.05, 0) is 12.1 Å². The molecule has 7 heteroatoms. The highest BCUT2D eigenvalue weighted by atomic mass is 16.3. The van der Waals surface area contributed by atoms with Gasteiger partial charge in [-0.1, -0.05) is 0 Å². The van der Waals surface area contributed by atoms with Crippen LogP contribution in [0.5, 0.6) is 0 Å². The van der Waals surface area contributed by atoms with Gasteiger partial charge in [-0.15, -0.1) is 10.2 Å². The lowest BCUT2D eigenvalue weighted by Crippen LogP contribution is -2.48. The number of nitrogens with zero attached hydrogens (tertiary/aromatic N) is 4. The van der Waals surface area contributed by atoms with Gasteiger partial charge in [-0.3, -0.25) is 0 Å². The Balaban J connectivity index is 2.47. The Bertz CT molecular complexity index is 283. The van der Waals surface area contributed by atoms with Crippen LogP contribution in [0.15, 0.2) is 0 Å². The van der Waals surface area contributed by atoms with E-state index in [-0.39, 0.29) is 13.2 Å². The molecule has 14 heavy (non-hydrogen) atoms. The Morgan fingerprint density at radius 3 is 2.50 bits per heavy atom. The average molecular weight is 201 g/mol. The maximum Gasteiger partial charge on any atom is 0.188 e. The van der Waals surface area contributed by atoms with Crippen LogP contribution in [0.25, 0.3) is 0 Å². The number of aliphatic hydroxyl groups excluding tert-OH is 2. The van der Waals surface area contributed by atoms with E-state index in [0.717, 1.165) is 0 Å². The highest BCUT2D eigenvalue weighted by Crippen LogP contribution is 2.01. The molecular formula is C7H15N5O2. The summed E-state index contributed by atoms with van der Waals surface area (Å²) in [6.07, 6.45) is 0. The van der Waals surface area contributed by atoms with E-state index in [2.05, 4.69) is 20.7 Å². The molecule has 0 aliphatic carbocycles. The van der Waals surface area contributed by atoms with Crippen LogP contribution in [0.4, 0.5) is 0 Å². The summed E-state index contributed by atoms with van der Waals surface area (Å²) < 4.78 is 0. The second-order valence-electron chi connectivity index (χ2n) is 3.43. The molecule has 0 saturated heterocycles. The predicted molar refractivity (Wildman–Crippen MR) is 48.2 cm³/mol. The Morgan fingerprint density at radius 1 is 1.43 bits per heavy atom. The second kappa shape index (κ2) is 4.45. The van der Waals surface area contributed by atoms with Crippen molar-refractivity contribution in [1.82, 2.24) is 25.5 Å². The number of hydrogen-bond donors (Lipinski definition) is 3. The van der Waals surface area contributed by atoms with E-state index >= 15 is 0 Å². The van der Waals surface area contributed by atoms with Crippen LogP contribution in [0.2, 0.25) is 0 Å². The lowest BCUT2D eigenvalue weighted by Gasteiger charge is -2.25. The van der Waals surface area contributed by atoms with Crippen LogP contribution in [0.3, 0.4) is 0 Å². The van der Waals surface area contributed by atoms with E-state index in [0.29, 0.717) is 12.4 Å². The van der Waals surface area contributed by atoms with Crippen molar-refractivity contribution in [3.05, 3.63) is 5.82 Å². The van der Waals surface area contributed by atoms with Crippen molar-refractivity contribution in [2.45, 2.75) is 19.0 Å². The Labute approximate surface area is 81.7 Å². The Hall–Kier alpha value is -1.05. The van der Waals surface area contributed by atoms with Crippen molar-refractivity contribution >= 4 is 0 Å². The predicted octanol–water partition coefficient (Wildman–Crippen LogP) is -1.96. The first kappa shape index (κ1) is 11.0. The number of tetrazole rings is 1. The van der Waals surface area contributed by atoms with Crippen LogP contribution < -0.4 is 5.32 Å². The van der Waals surface area contributed by atoms with Gasteiger partial charge in [0, 0.05) is 0 Å². The first-order chi connectivity index (χ1) is 6.59. The van der Waals surface area contributed by atoms with Crippen LogP contribution in [0, 0.1) is 0 Å². The summed E-state index contributed by atoms with van der Waals surface area (Å²) >= 11 is 0. The molecule has 0 radical (unpaired) electrons. The van der Waals surface area contributed by atoms with Gasteiger partial charge in [0.05, 0.1) is 32.3 Å². The quantitative estimate of drug-likeness (QED) is 0.512. The summed E-state index contributed by atoms with van der Waals surface area (Å²) in [5, 5.41) is 32.3. The van der Waals surface area contributed by atoms with Gasteiger partial charge in [0.1, 0.15) is 0 Å². The molecule has 0 aliphatic rings. The van der Waals surface area contributed by atoms with Crippen LogP contribution >= 0.6 is 0 Å². The molecule has 0 bridgehead atoms. The number of aliphatic hydroxyl groups is 2. The third-order valence-corrected chi connectivity index (χ3v) is 1.92. The molecule has 0 aliphatic heterocycles. The topological polar surface area (TPSA) is 96.1 Å². The molecule has 0 aromatic carbocycles. The fourth-order valence-electron chi connectivity index (χ4n) is 0.848. The molecule has 0 atom stereocenters. The van der Waals surface area contributed by atoms with Crippen molar-refractivity contribution in [3.8, 4) is 0 Å². The zero-order chi connectivity index (χ0) is 10.6. The van der Waals surface area contributed by atoms with E-state index in [1.165, 1.54) is 4.80 Å². The van der Waals surface area contributed by atoms with Crippen molar-refractivity contribution in [3.63, 3.8) is 0 Å². The van der Waals surface area contributed by atoms with Gasteiger partial charge < -0.3 is 15.5 Å². The molecule has 3 N–H and O–H groups in total. The summed E-state index contributed by atoms with van der Waals surface area (Å²) in [5.41, 5.74) is -0.709. The molecule has 0 saturated carbocycles. The fourth-order valence-corrected chi connectivity index (χ4v) is 0.848. The smallest absolute Gasteiger partial charge is 0.188 e. The van der Waals surface area contributed by atoms with E-state index in [9.17, 15) is 0 Å². The maximum atomic E-state index is 8.98. The molecule has 0 amide bonds. The van der Waals surface area contributed by atoms with Gasteiger partial charge >= 0.3 is 0 Å². The summed E-state index contributed by atoms with van der Waals surface area (Å²) in [6.45, 7) is 1.78. The van der Waals surface area contributed by atoms with Crippen molar-refractivity contribution in [1.29, 1.82) is 0 Å². The van der Waals surface area contributed by atoms with Crippen LogP contribution in [-0.4, -0.2) is 49.2 Å². The maximum absolute atomic E-state index is 8.98. The number of aromatic nitrogens is 4. The Kier molecular flexibility index (Phi) is 3.50. The normalized spacial score (nSPS) is 12.0. The molecule has 1 aromatic heterocycles. The number of nitrogens with one attached hydrogen (secondary N) is 1. The van der Waals surface area contributed by atoms with Gasteiger partial charge in [0.25, 0.3) is 0 Å². The van der Waals surface area contributed by atoms with Crippen molar-refractivity contribution in [2.75, 3.05) is 13.2 Å². The number of aryl methyl sites for hydroxylation is 1. The van der Waals surface area contributed by atoms with Gasteiger partial charge in [0.15, 0.2) is 5.82 Å². The van der Waals surface area contributed by atoms with Gasteiger partial charge in [-0.2, -0.15) is 4.80 Å². The van der Waals surface area contributed by atoms with Crippen molar-refractivity contribution in [2.24, 2.45) is 7.05 Å². The average Bonchev–Trinajstić information content (AvgIpc) is 2.61. The third-order valence-electron chi connectivity index (χ3n) is 1.92. The van der Waals surface area contributed by atoms with E-state index < -0.39 is 5.54 Å². The van der Waals surface area contributed by atoms with Crippen LogP contribution in [0.1, 0.15) is 12.7 Å². The molecular weight excluding hydrogens is 186 g/mol. The van der Waals surface area contributed by atoms with Crippen molar-refractivity contribution < 1.29 is 10.2 Å². The molecule has 1 rings (SSSR count). The number of rotatable bonds is 5. The first-order valence-corrected chi connectivity index (χ1v) is 4.29. The van der Waals surface area contributed by atoms with E-state index in [1.807, 2.05) is 0 Å². The largest absolute Gasteiger partial charge is 0.394 e. The fraction of sp³-hybridized carbons (Fsp3) is 0.857. The SMILES string of the molecule is Cn1nnc(CNC(C)(CO)CO)n1. The molecule has 80 valence electrons. The molecule has 0 fully saturated rings. The van der Waals surface area contributed by atoms with Gasteiger partial charge in [-0.25, -0.2) is 0 Å². The molecule has 1 heterocycles. The lowest BCUT2D eigenvalue weighted by atomic mass is 10.1. The highest BCUT2D eigenvalue weighted by molar-refractivity contribution is 4.85. The molecule has 7 nitrogen and oxygen atoms in total. The minimum absolute atomic E-state index is 0.149. The summed E-state index contributed by atoms with van der Waals surface area (Å²) in [6, 6.07) is 0. The summed E-state index contributed by atoms with van der Waals surface area (Å²) in [4.78, 5) is 1.35. The zero-order valence-corrected chi connectivity index (χ0v) is 8.30. The summed E-state index contributed by atoms with van der Waals surface area (Å²) in [7, 11) is 1.67. The standard InChI is InChI=1S/C7H15N5O2/c1-7(4-13,5-14)8-3-6-9-11-12(2)10-6/h8,13-14H,3-5H2,1-2H3. The van der Waals surface area contributed by atoms with E-state index in [4.69, 9.17) is 10.2 Å². The number of hydrogen-bond acceptors (Lipinski definition) is 6. The second-order valence-corrected chi connectivity index (χ2v) is 3.43. The van der Waals surface area contributed by atoms with Crippen LogP contribution in [-0.2, 0) is 13.6 Å². The Morgan fingerprint density at radius 2 is 2.07 bits per heavy atom. The monoisotopic (exact) mass is 201 g/mol. The first-order valence-electron chi connectivity index (χ1n) is 4.29. The summed E-state index contributed by atoms with van der Waals surface area (Å²) in [5.74, 6) is 0.528. The zero-order valence-electron chi connectivity index (χ0n) is 8.30. The van der Waals surface area contributed by atoms with Gasteiger partial charge in [0.2, 0.25) is 0 Å². The molecule has 0 unspecified atom stereocenters. The minimum Gasteiger partial charge on any atom is -0.394 e. The molecule has 1 aromatic rings. The third kappa shape index (κ3) is 2.72. The molecule has 0 spiro atoms. The lowest BCUT2D eigenvalue weighted by molar-refractivity contribution is 0.102.